The van der Waals surface area contributed by atoms with Gasteiger partial charge in [-0.05, 0) is 146 Å². The van der Waals surface area contributed by atoms with Gasteiger partial charge in [0.05, 0.1) is 147 Å². The summed E-state index contributed by atoms with van der Waals surface area (Å²) in [5.74, 6) is 0.0606. The van der Waals surface area contributed by atoms with Crippen LogP contribution in [0.15, 0.2) is 279 Å². The fourth-order valence-electron chi connectivity index (χ4n) is 14.6. The van der Waals surface area contributed by atoms with Crippen molar-refractivity contribution in [3.8, 4) is 39.8 Å². The molecule has 2 aliphatic heterocycles. The number of aromatic nitrogens is 29. The minimum absolute atomic E-state index is 0.124. The molecule has 20 N–H and O–H groups in total. The number of carbonyl (C=O) groups is 3. The van der Waals surface area contributed by atoms with Gasteiger partial charge in [-0.25, -0.2) is 125 Å². The molecule has 22 aromatic rings. The van der Waals surface area contributed by atoms with Gasteiger partial charge in [-0.1, -0.05) is 34.1 Å². The van der Waals surface area contributed by atoms with Crippen LogP contribution in [-0.2, 0) is 9.47 Å². The fraction of sp³-hybridized carbons (Fsp3) is 0.0860. The summed E-state index contributed by atoms with van der Waals surface area (Å²) in [6, 6.07) is 48.8. The highest BCUT2D eigenvalue weighted by atomic mass is 79.9. The summed E-state index contributed by atoms with van der Waals surface area (Å²) in [6.07, 6.45) is 22.5. The summed E-state index contributed by atoms with van der Waals surface area (Å²) < 4.78 is 61.8. The first kappa shape index (κ1) is 95.3. The Morgan fingerprint density at radius 2 is 0.628 bits per heavy atom. The number of hydrogen-bond donors (Lipinski definition) is 12. The highest BCUT2D eigenvalue weighted by Gasteiger charge is 2.23. The van der Waals surface area contributed by atoms with Crippen LogP contribution < -0.4 is 67.4 Å². The van der Waals surface area contributed by atoms with Gasteiger partial charge < -0.3 is 86.1 Å². The molecule has 0 unspecified atom stereocenters. The molecule has 0 bridgehead atoms. The number of nitrogen functional groups attached to an aromatic ring is 8. The lowest BCUT2D eigenvalue weighted by atomic mass is 10.2. The number of ether oxygens (including phenoxy) is 2. The highest BCUT2D eigenvalue weighted by Crippen LogP contribution is 2.30. The zero-order chi connectivity index (χ0) is 101. The Hall–Kier alpha value is -20.1. The Bertz CT molecular complexity index is 8520. The molecule has 0 saturated carbocycles. The Morgan fingerprint density at radius 1 is 0.317 bits per heavy atom. The van der Waals surface area contributed by atoms with E-state index in [-0.39, 0.29) is 29.3 Å². The van der Waals surface area contributed by atoms with Crippen LogP contribution in [0.2, 0.25) is 0 Å². The minimum Gasteiger partial charge on any atom is -0.399 e. The fourth-order valence-corrected chi connectivity index (χ4v) is 15.0. The molecule has 2 saturated heterocycles. The molecule has 145 heavy (non-hydrogen) atoms. The second-order valence-electron chi connectivity index (χ2n) is 31.1. The molecule has 15 aromatic heterocycles. The number of anilines is 11. The summed E-state index contributed by atoms with van der Waals surface area (Å²) in [5.41, 5.74) is 58.2. The second kappa shape index (κ2) is 42.9. The first-order valence-electron chi connectivity index (χ1n) is 43.5. The van der Waals surface area contributed by atoms with Gasteiger partial charge >= 0.3 is 12.1 Å². The molecular weight excluding hydrogens is 1940 g/mol. The lowest BCUT2D eigenvalue weighted by Gasteiger charge is -2.27. The van der Waals surface area contributed by atoms with Crippen molar-refractivity contribution >= 4 is 175 Å². The van der Waals surface area contributed by atoms with Crippen molar-refractivity contribution in [1.82, 2.24) is 153 Å². The van der Waals surface area contributed by atoms with Gasteiger partial charge in [0.1, 0.15) is 90.8 Å². The predicted molar refractivity (Wildman–Crippen MR) is 537 cm³/mol. The first-order valence-corrected chi connectivity index (χ1v) is 44.3. The molecule has 17 heterocycles. The zero-order valence-electron chi connectivity index (χ0n) is 75.6. The molecule has 726 valence electrons. The maximum absolute atomic E-state index is 13.2. The normalized spacial score (nSPS) is 12.2. The van der Waals surface area contributed by atoms with Crippen LogP contribution in [-0.4, -0.2) is 224 Å². The van der Waals surface area contributed by atoms with Crippen molar-refractivity contribution in [2.45, 2.75) is 0 Å². The number of hydrogen-bond acceptors (Lipinski definition) is 35. The molecule has 0 aliphatic carbocycles. The third kappa shape index (κ3) is 21.6. The highest BCUT2D eigenvalue weighted by molar-refractivity contribution is 9.10. The van der Waals surface area contributed by atoms with E-state index in [1.165, 1.54) is 91.6 Å². The van der Waals surface area contributed by atoms with Crippen LogP contribution in [0.5, 0.6) is 0 Å². The first-order chi connectivity index (χ1) is 70.5. The van der Waals surface area contributed by atoms with Gasteiger partial charge in [0.25, 0.3) is 5.91 Å². The summed E-state index contributed by atoms with van der Waals surface area (Å²) in [5, 5.41) is 43.0. The van der Waals surface area contributed by atoms with E-state index in [4.69, 9.17) is 55.3 Å². The number of nitrogens with two attached hydrogens (primary N) is 8. The van der Waals surface area contributed by atoms with Crippen LogP contribution in [0.4, 0.5) is 86.2 Å². The van der Waals surface area contributed by atoms with Gasteiger partial charge in [0.2, 0.25) is 5.56 Å². The Labute approximate surface area is 822 Å². The van der Waals surface area contributed by atoms with E-state index < -0.39 is 17.5 Å². The molecule has 2 aliphatic rings. The lowest BCUT2D eigenvalue weighted by molar-refractivity contribution is 0.0564. The van der Waals surface area contributed by atoms with Gasteiger partial charge in [-0.15, -0.1) is 0 Å². The average Bonchev–Trinajstić information content (AvgIpc) is 1.67. The van der Waals surface area contributed by atoms with E-state index in [0.29, 0.717) is 199 Å². The number of H-pyrrole nitrogens is 1. The van der Waals surface area contributed by atoms with Crippen molar-refractivity contribution in [1.29, 1.82) is 0 Å². The molecule has 0 spiro atoms. The molecule has 0 atom stereocenters. The summed E-state index contributed by atoms with van der Waals surface area (Å²) in [7, 11) is 0. The largest absolute Gasteiger partial charge is 0.399 e. The summed E-state index contributed by atoms with van der Waals surface area (Å²) in [4.78, 5) is 111. The Morgan fingerprint density at radius 3 is 0.979 bits per heavy atom. The third-order valence-corrected chi connectivity index (χ3v) is 22.4. The molecule has 24 rings (SSSR count). The molecule has 7 aromatic carbocycles. The van der Waals surface area contributed by atoms with Gasteiger partial charge in [-0.3, -0.25) is 9.59 Å². The quantitative estimate of drug-likeness (QED) is 0.0535. The number of pyridine rings is 1. The maximum Gasteiger partial charge on any atom is 0.322 e. The van der Waals surface area contributed by atoms with Crippen molar-refractivity contribution < 1.29 is 37.0 Å². The number of amides is 5. The van der Waals surface area contributed by atoms with Crippen LogP contribution in [0, 0.1) is 17.5 Å². The monoisotopic (exact) mass is 2020 g/mol. The maximum atomic E-state index is 13.2. The topological polar surface area (TPSA) is 658 Å². The minimum atomic E-state index is -0.946. The van der Waals surface area contributed by atoms with Crippen LogP contribution in [0.25, 0.3) is 117 Å². The van der Waals surface area contributed by atoms with Crippen LogP contribution >= 0.6 is 15.9 Å². The lowest BCUT2D eigenvalue weighted by Crippen LogP contribution is -2.43. The number of morpholine rings is 2. The smallest absolute Gasteiger partial charge is 0.322 e. The van der Waals surface area contributed by atoms with E-state index in [0.717, 1.165) is 50.1 Å². The van der Waals surface area contributed by atoms with Gasteiger partial charge in [0.15, 0.2) is 51.2 Å². The van der Waals surface area contributed by atoms with E-state index in [2.05, 4.69) is 142 Å². The molecule has 2 fully saturated rings. The van der Waals surface area contributed by atoms with Crippen molar-refractivity contribution in [3.05, 3.63) is 308 Å². The van der Waals surface area contributed by atoms with Crippen LogP contribution in [0.1, 0.15) is 10.4 Å². The number of benzene rings is 7. The second-order valence-corrected chi connectivity index (χ2v) is 32.0. The van der Waals surface area contributed by atoms with E-state index in [1.54, 1.807) is 106 Å². The molecular formula is C93H80BrF3N42O6. The average molecular weight is 2020 g/mol. The zero-order valence-corrected chi connectivity index (χ0v) is 77.1. The van der Waals surface area contributed by atoms with Gasteiger partial charge in [-0.2, -0.15) is 35.7 Å². The molecule has 5 amide bonds. The SMILES string of the molecule is Nc1ccc(-n2ncc3c(N)ncnc32)cc1.Nc1ncnc2c1cnn2-c1cc[nH]c(=O)c1.Nc1ncnc2c1cnn2-c1ccc(F)c(F)c1.Nc1ncnc2c1cnn2-c1ccc(NC(=O)N2CCOCC2)cc1.Nc1ncnc2c1cnn2-c1cccc(Br)c1.Nc1ncnc2c1cnn2-c1cccc(NC(=O)N2CCOCC2)c1.Nc1ncnc2c1cnn2-c1cccc(NC(=O)c2ccc(F)cc2)c1. The Kier molecular flexibility index (Phi) is 28.2. The number of halogens is 4. The summed E-state index contributed by atoms with van der Waals surface area (Å²) >= 11 is 3.43. The predicted octanol–water partition coefficient (Wildman–Crippen LogP) is 10.2. The summed E-state index contributed by atoms with van der Waals surface area (Å²) in [6.45, 7) is 4.65. The van der Waals surface area contributed by atoms with Crippen molar-refractivity contribution in [2.24, 2.45) is 0 Å². The Balaban J connectivity index is 0.000000112. The number of nitrogens with zero attached hydrogens (tertiary/aromatic N) is 30. The van der Waals surface area contributed by atoms with E-state index in [1.807, 2.05) is 103 Å². The number of fused-ring (bicyclic) bond motifs is 7. The standard InChI is InChI=1S/C18H13FN6O.2C16H17N7O2.C11H8BrN5.C11H7F2N5.C11H10N6.C10H8N6O/c19-12-6-4-11(5-7-12)18(26)24-13-2-1-3-14(8-13)25-17-15(9-23-25)16(20)21-10-22-17;17-14-13-9-20-23(15(13)19-10-18-14)12-3-1-11(2-4-12)21-16(24)22-5-7-25-8-6-22;17-14-13-9-20-23(15(13)19-10-18-14)12-3-1-2-11(8-12)21-16(24)22-4-6-25-7-5-22;12-7-2-1-3-8(4-7)17-11-9(5-16-17)10(13)14-6-15-11;12-8-2-1-6(3-9(8)13)18-11-7(4-17-18)10(14)15-5-16-11;12-7-1-3-8(4-2-7)17-11-9(5-16-17)10(13)14-6-15-11;11-9-7-4-15-16(10(7)14-5-13-9)6-1-2-12-8(17)3-6/h1-10H,(H,24,26)(H2,20,21,22);1-4,9-10H,5-8H2,(H,21,24)(H2,17,18,19);1-3,8-10H,4-7H2,(H,21,24)(H2,17,18,19);1-6H,(H2,13,14,15);1-5H,(H2,14,15,16);1-6H,12H2,(H2,13,14,15);1-5H,(H,12,17)(H2,11,13,14). The number of urea groups is 2. The molecule has 52 heteroatoms. The van der Waals surface area contributed by atoms with E-state index >= 15 is 0 Å². The van der Waals surface area contributed by atoms with Crippen molar-refractivity contribution in [2.75, 3.05) is 114 Å². The van der Waals surface area contributed by atoms with Gasteiger partial charge in [0, 0.05) is 77.3 Å². The van der Waals surface area contributed by atoms with E-state index in [9.17, 15) is 32.3 Å². The number of aromatic amines is 1. The number of carbonyl (C=O) groups excluding carboxylic acids is 3. The van der Waals surface area contributed by atoms with Crippen molar-refractivity contribution in [3.63, 3.8) is 0 Å². The van der Waals surface area contributed by atoms with Crippen LogP contribution in [0.3, 0.4) is 0 Å². The number of nitrogens with one attached hydrogen (secondary N) is 4. The number of rotatable bonds is 11. The molecule has 0 radical (unpaired) electrons. The molecule has 48 nitrogen and oxygen atoms in total. The third-order valence-electron chi connectivity index (χ3n) is 21.9.